The van der Waals surface area contributed by atoms with E-state index in [1.54, 1.807) is 0 Å². The summed E-state index contributed by atoms with van der Waals surface area (Å²) in [5.41, 5.74) is 18.0. The lowest BCUT2D eigenvalue weighted by Gasteiger charge is -2.38. The Morgan fingerprint density at radius 1 is 0.452 bits per heavy atom. The predicted molar refractivity (Wildman–Crippen MR) is 256 cm³/mol. The molecule has 4 nitrogen and oxygen atoms in total. The van der Waals surface area contributed by atoms with Crippen molar-refractivity contribution in [2.24, 2.45) is 0 Å². The predicted octanol–water partition coefficient (Wildman–Crippen LogP) is 16.0. The van der Waals surface area contributed by atoms with Gasteiger partial charge in [0.05, 0.1) is 16.7 Å². The molecule has 0 fully saturated rings. The van der Waals surface area contributed by atoms with Gasteiger partial charge in [0.25, 0.3) is 0 Å². The molecule has 2 atom stereocenters. The number of fused-ring (bicyclic) bond motifs is 18. The first-order valence-corrected chi connectivity index (χ1v) is 21.4. The van der Waals surface area contributed by atoms with Crippen LogP contribution in [0.5, 0.6) is 0 Å². The molecule has 2 unspecified atom stereocenters. The summed E-state index contributed by atoms with van der Waals surface area (Å²) < 4.78 is 15.8. The molecule has 2 aliphatic rings. The van der Waals surface area contributed by atoms with E-state index in [0.717, 1.165) is 72.1 Å². The van der Waals surface area contributed by atoms with Crippen LogP contribution < -0.4 is 4.90 Å². The SMILES string of the molecule is C1=CC2c3c(ccc4c3c3cc5c(cc3n4-c3cccc(N(c4ccccc4)c4cccc6c4oc4ccccc46)c3)oc3ccccc35)-c3ccccc3C2c2ccccc21. The van der Waals surface area contributed by atoms with Crippen LogP contribution in [-0.4, -0.2) is 4.57 Å². The first-order chi connectivity index (χ1) is 30.8. The number of hydrogen-bond donors (Lipinski definition) is 0. The molecule has 0 amide bonds. The lowest BCUT2D eigenvalue weighted by atomic mass is 9.65. The lowest BCUT2D eigenvalue weighted by molar-refractivity contribution is 0.669. The molecular weight excluding hydrogens is 757 g/mol. The smallest absolute Gasteiger partial charge is 0.159 e. The monoisotopic (exact) mass is 792 g/mol. The van der Waals surface area contributed by atoms with E-state index in [1.165, 1.54) is 49.7 Å². The molecule has 0 bridgehead atoms. The molecule has 0 radical (unpaired) electrons. The van der Waals surface area contributed by atoms with Gasteiger partial charge in [0.2, 0.25) is 0 Å². The third kappa shape index (κ3) is 4.66. The fourth-order valence-corrected chi connectivity index (χ4v) is 11.0. The van der Waals surface area contributed by atoms with E-state index in [-0.39, 0.29) is 11.8 Å². The Hall–Kier alpha value is -8.08. The van der Waals surface area contributed by atoms with E-state index in [4.69, 9.17) is 8.83 Å². The minimum atomic E-state index is 0.151. The zero-order valence-electron chi connectivity index (χ0n) is 33.5. The van der Waals surface area contributed by atoms with E-state index in [9.17, 15) is 0 Å². The van der Waals surface area contributed by atoms with Crippen molar-refractivity contribution in [3.8, 4) is 16.8 Å². The summed E-state index contributed by atoms with van der Waals surface area (Å²) in [6.45, 7) is 0. The van der Waals surface area contributed by atoms with Crippen molar-refractivity contribution in [1.29, 1.82) is 0 Å². The van der Waals surface area contributed by atoms with Gasteiger partial charge in [-0.25, -0.2) is 0 Å². The number of furan rings is 2. The number of nitrogens with zero attached hydrogens (tertiary/aromatic N) is 2. The van der Waals surface area contributed by atoms with Gasteiger partial charge in [-0.3, -0.25) is 0 Å². The van der Waals surface area contributed by atoms with Gasteiger partial charge in [0, 0.05) is 67.3 Å². The molecule has 3 heterocycles. The molecular formula is C58H36N2O2. The third-order valence-corrected chi connectivity index (χ3v) is 13.5. The minimum absolute atomic E-state index is 0.151. The number of anilines is 3. The molecule has 14 rings (SSSR count). The molecule has 9 aromatic carbocycles. The zero-order chi connectivity index (χ0) is 40.5. The molecule has 0 N–H and O–H groups in total. The largest absolute Gasteiger partial charge is 0.456 e. The van der Waals surface area contributed by atoms with Gasteiger partial charge < -0.3 is 18.3 Å². The second kappa shape index (κ2) is 12.7. The number of aromatic nitrogens is 1. The van der Waals surface area contributed by atoms with Crippen molar-refractivity contribution < 1.29 is 8.83 Å². The number of benzene rings is 9. The maximum absolute atomic E-state index is 6.67. The topological polar surface area (TPSA) is 34.5 Å². The van der Waals surface area contributed by atoms with E-state index in [0.29, 0.717) is 0 Å². The van der Waals surface area contributed by atoms with Crippen LogP contribution in [0.15, 0.2) is 209 Å². The molecule has 0 aliphatic heterocycles. The highest BCUT2D eigenvalue weighted by Gasteiger charge is 2.38. The number of para-hydroxylation sites is 4. The van der Waals surface area contributed by atoms with Crippen LogP contribution in [-0.2, 0) is 0 Å². The van der Waals surface area contributed by atoms with Crippen LogP contribution in [0.4, 0.5) is 17.1 Å². The van der Waals surface area contributed by atoms with Crippen LogP contribution in [0.25, 0.3) is 88.6 Å². The lowest BCUT2D eigenvalue weighted by Crippen LogP contribution is -2.21. The van der Waals surface area contributed by atoms with E-state index in [1.807, 2.05) is 6.07 Å². The molecule has 290 valence electrons. The standard InChI is InChI=1S/C58H36N2O2/c1-2-15-36(16-3-1)59(50-25-13-24-45-41-21-8-11-27-53(41)62-58(45)50)37-17-12-18-38(32-37)60-49-31-30-44-40-20-6-7-23-43(40)55-39-19-5-4-14-35(39)28-29-46(55)56(44)57(49)48-33-47-42-22-9-10-26-52(42)61-54(47)34-51(48)60/h1-34,46,55H. The van der Waals surface area contributed by atoms with E-state index < -0.39 is 0 Å². The minimum Gasteiger partial charge on any atom is -0.456 e. The molecule has 12 aromatic rings. The molecule has 0 saturated heterocycles. The van der Waals surface area contributed by atoms with Gasteiger partial charge >= 0.3 is 0 Å². The Morgan fingerprint density at radius 2 is 1.16 bits per heavy atom. The van der Waals surface area contributed by atoms with Gasteiger partial charge in [0.1, 0.15) is 16.7 Å². The van der Waals surface area contributed by atoms with Gasteiger partial charge in [-0.15, -0.1) is 0 Å². The summed E-state index contributed by atoms with van der Waals surface area (Å²) >= 11 is 0. The summed E-state index contributed by atoms with van der Waals surface area (Å²) in [6, 6.07) is 70.1. The van der Waals surface area contributed by atoms with Crippen LogP contribution in [0.1, 0.15) is 34.1 Å². The van der Waals surface area contributed by atoms with Crippen molar-refractivity contribution >= 4 is 88.8 Å². The maximum Gasteiger partial charge on any atom is 0.159 e. The summed E-state index contributed by atoms with van der Waals surface area (Å²) in [6.07, 6.45) is 4.81. The summed E-state index contributed by atoms with van der Waals surface area (Å²) in [5, 5.41) is 6.97. The van der Waals surface area contributed by atoms with Crippen molar-refractivity contribution in [2.75, 3.05) is 4.90 Å². The van der Waals surface area contributed by atoms with Gasteiger partial charge in [-0.05, 0) is 94.0 Å². The average Bonchev–Trinajstić information content (AvgIpc) is 4.00. The number of allylic oxidation sites excluding steroid dienone is 1. The van der Waals surface area contributed by atoms with Gasteiger partial charge in [-0.1, -0.05) is 140 Å². The molecule has 4 heteroatoms. The summed E-state index contributed by atoms with van der Waals surface area (Å²) in [5.74, 6) is 0.352. The summed E-state index contributed by atoms with van der Waals surface area (Å²) in [7, 11) is 0. The van der Waals surface area contributed by atoms with E-state index in [2.05, 4.69) is 210 Å². The highest BCUT2D eigenvalue weighted by molar-refractivity contribution is 6.20. The fourth-order valence-electron chi connectivity index (χ4n) is 11.0. The van der Waals surface area contributed by atoms with Crippen LogP contribution in [0.2, 0.25) is 0 Å². The Morgan fingerprint density at radius 3 is 2.05 bits per heavy atom. The first-order valence-electron chi connectivity index (χ1n) is 21.4. The average molecular weight is 793 g/mol. The van der Waals surface area contributed by atoms with Crippen molar-refractivity contribution in [3.05, 3.63) is 222 Å². The van der Waals surface area contributed by atoms with Crippen LogP contribution >= 0.6 is 0 Å². The fraction of sp³-hybridized carbons (Fsp3) is 0.0345. The van der Waals surface area contributed by atoms with Gasteiger partial charge in [0.15, 0.2) is 5.58 Å². The van der Waals surface area contributed by atoms with Crippen molar-refractivity contribution in [2.45, 2.75) is 11.8 Å². The Balaban J connectivity index is 1.06. The zero-order valence-corrected chi connectivity index (χ0v) is 33.5. The highest BCUT2D eigenvalue weighted by Crippen LogP contribution is 2.56. The quantitative estimate of drug-likeness (QED) is 0.178. The molecule has 2 aliphatic carbocycles. The first kappa shape index (κ1) is 33.7. The molecule has 0 saturated carbocycles. The number of rotatable bonds is 4. The second-order valence-electron chi connectivity index (χ2n) is 16.7. The maximum atomic E-state index is 6.67. The Bertz CT molecular complexity index is 3850. The van der Waals surface area contributed by atoms with Crippen molar-refractivity contribution in [3.63, 3.8) is 0 Å². The molecule has 62 heavy (non-hydrogen) atoms. The van der Waals surface area contributed by atoms with Gasteiger partial charge in [-0.2, -0.15) is 0 Å². The van der Waals surface area contributed by atoms with Crippen LogP contribution in [0, 0.1) is 0 Å². The third-order valence-electron chi connectivity index (χ3n) is 13.5. The Labute approximate surface area is 356 Å². The number of hydrogen-bond acceptors (Lipinski definition) is 3. The summed E-state index contributed by atoms with van der Waals surface area (Å²) in [4.78, 5) is 2.33. The second-order valence-corrected chi connectivity index (χ2v) is 16.7. The molecule has 3 aromatic heterocycles. The molecule has 0 spiro atoms. The Kier molecular flexibility index (Phi) is 6.92. The van der Waals surface area contributed by atoms with Crippen molar-refractivity contribution in [1.82, 2.24) is 4.57 Å². The van der Waals surface area contributed by atoms with Crippen LogP contribution in [0.3, 0.4) is 0 Å². The highest BCUT2D eigenvalue weighted by atomic mass is 16.3. The normalized spacial score (nSPS) is 15.4. The van der Waals surface area contributed by atoms with E-state index >= 15 is 0 Å².